The fourth-order valence-corrected chi connectivity index (χ4v) is 2.33. The molecule has 0 aliphatic heterocycles. The smallest absolute Gasteiger partial charge is 0.338 e. The number of carbonyl (C=O) groups is 2. The zero-order valence-corrected chi connectivity index (χ0v) is 12.3. The molecule has 0 spiro atoms. The van der Waals surface area contributed by atoms with Gasteiger partial charge in [-0.2, -0.15) is 0 Å². The maximum atomic E-state index is 12.6. The van der Waals surface area contributed by atoms with Crippen LogP contribution in [-0.4, -0.2) is 18.4 Å². The van der Waals surface area contributed by atoms with Gasteiger partial charge in [0.25, 0.3) is 0 Å². The van der Waals surface area contributed by atoms with Crippen LogP contribution < -0.4 is 0 Å². The topological polar surface area (TPSA) is 43.4 Å². The SMILES string of the molecule is CCOC(=O)c1cccc(C(=O)c2ccccc2)c1CC. The third-order valence-corrected chi connectivity index (χ3v) is 3.31. The summed E-state index contributed by atoms with van der Waals surface area (Å²) < 4.78 is 5.06. The minimum atomic E-state index is -0.378. The van der Waals surface area contributed by atoms with Gasteiger partial charge in [0.15, 0.2) is 5.78 Å². The highest BCUT2D eigenvalue weighted by molar-refractivity contribution is 6.11. The molecule has 21 heavy (non-hydrogen) atoms. The van der Waals surface area contributed by atoms with Crippen LogP contribution in [0.4, 0.5) is 0 Å². The predicted molar refractivity (Wildman–Crippen MR) is 81.7 cm³/mol. The number of rotatable bonds is 5. The van der Waals surface area contributed by atoms with Crippen LogP contribution in [0.5, 0.6) is 0 Å². The molecular formula is C18H18O3. The number of esters is 1. The molecule has 0 aromatic heterocycles. The van der Waals surface area contributed by atoms with Gasteiger partial charge in [0.1, 0.15) is 0 Å². The Labute approximate surface area is 124 Å². The Kier molecular flexibility index (Phi) is 4.88. The zero-order chi connectivity index (χ0) is 15.2. The van der Waals surface area contributed by atoms with Gasteiger partial charge in [-0.3, -0.25) is 4.79 Å². The Morgan fingerprint density at radius 3 is 2.19 bits per heavy atom. The molecule has 0 unspecified atom stereocenters. The third-order valence-electron chi connectivity index (χ3n) is 3.31. The Bertz CT molecular complexity index is 645. The second-order valence-corrected chi connectivity index (χ2v) is 4.60. The van der Waals surface area contributed by atoms with Gasteiger partial charge in [0.2, 0.25) is 0 Å². The van der Waals surface area contributed by atoms with Gasteiger partial charge in [-0.15, -0.1) is 0 Å². The van der Waals surface area contributed by atoms with E-state index in [1.165, 1.54) is 0 Å². The quantitative estimate of drug-likeness (QED) is 0.621. The highest BCUT2D eigenvalue weighted by Crippen LogP contribution is 2.20. The van der Waals surface area contributed by atoms with E-state index in [0.29, 0.717) is 29.7 Å². The second-order valence-electron chi connectivity index (χ2n) is 4.60. The molecule has 0 aliphatic carbocycles. The van der Waals surface area contributed by atoms with Crippen molar-refractivity contribution in [1.82, 2.24) is 0 Å². The van der Waals surface area contributed by atoms with E-state index in [1.54, 1.807) is 37.3 Å². The summed E-state index contributed by atoms with van der Waals surface area (Å²) in [4.78, 5) is 24.6. The van der Waals surface area contributed by atoms with Crippen LogP contribution in [0.25, 0.3) is 0 Å². The fraction of sp³-hybridized carbons (Fsp3) is 0.222. The zero-order valence-electron chi connectivity index (χ0n) is 12.3. The van der Waals surface area contributed by atoms with Crippen molar-refractivity contribution in [2.24, 2.45) is 0 Å². The lowest BCUT2D eigenvalue weighted by molar-refractivity contribution is 0.0525. The Balaban J connectivity index is 2.47. The molecule has 0 heterocycles. The molecule has 0 N–H and O–H groups in total. The first-order valence-corrected chi connectivity index (χ1v) is 7.07. The third kappa shape index (κ3) is 3.19. The van der Waals surface area contributed by atoms with Crippen LogP contribution in [0.1, 0.15) is 45.7 Å². The van der Waals surface area contributed by atoms with Crippen molar-refractivity contribution >= 4 is 11.8 Å². The van der Waals surface area contributed by atoms with Gasteiger partial charge >= 0.3 is 5.97 Å². The van der Waals surface area contributed by atoms with Crippen molar-refractivity contribution in [3.05, 3.63) is 70.8 Å². The van der Waals surface area contributed by atoms with Gasteiger partial charge in [-0.25, -0.2) is 4.79 Å². The monoisotopic (exact) mass is 282 g/mol. The Hall–Kier alpha value is -2.42. The molecule has 3 nitrogen and oxygen atoms in total. The largest absolute Gasteiger partial charge is 0.462 e. The number of hydrogen-bond acceptors (Lipinski definition) is 3. The molecule has 3 heteroatoms. The first kappa shape index (κ1) is 15.0. The van der Waals surface area contributed by atoms with Gasteiger partial charge < -0.3 is 4.74 Å². The molecule has 0 saturated carbocycles. The summed E-state index contributed by atoms with van der Waals surface area (Å²) in [6, 6.07) is 14.3. The first-order valence-electron chi connectivity index (χ1n) is 7.07. The number of ketones is 1. The minimum Gasteiger partial charge on any atom is -0.462 e. The summed E-state index contributed by atoms with van der Waals surface area (Å²) in [5.41, 5.74) is 2.40. The van der Waals surface area contributed by atoms with Crippen LogP contribution in [0.2, 0.25) is 0 Å². The highest BCUT2D eigenvalue weighted by atomic mass is 16.5. The summed E-state index contributed by atoms with van der Waals surface area (Å²) in [5, 5.41) is 0. The van der Waals surface area contributed by atoms with Crippen LogP contribution in [0.3, 0.4) is 0 Å². The minimum absolute atomic E-state index is 0.0707. The number of ether oxygens (including phenoxy) is 1. The summed E-state index contributed by atoms with van der Waals surface area (Å²) >= 11 is 0. The van der Waals surface area contributed by atoms with Crippen molar-refractivity contribution < 1.29 is 14.3 Å². The lowest BCUT2D eigenvalue weighted by Crippen LogP contribution is -2.13. The molecule has 0 atom stereocenters. The predicted octanol–water partition coefficient (Wildman–Crippen LogP) is 3.66. The molecule has 0 bridgehead atoms. The van der Waals surface area contributed by atoms with E-state index < -0.39 is 0 Å². The van der Waals surface area contributed by atoms with Crippen LogP contribution in [-0.2, 0) is 11.2 Å². The first-order chi connectivity index (χ1) is 10.2. The van der Waals surface area contributed by atoms with E-state index in [4.69, 9.17) is 4.74 Å². The number of benzene rings is 2. The molecule has 2 rings (SSSR count). The van der Waals surface area contributed by atoms with Crippen molar-refractivity contribution in [1.29, 1.82) is 0 Å². The molecule has 2 aromatic rings. The summed E-state index contributed by atoms with van der Waals surface area (Å²) in [5.74, 6) is -0.448. The molecular weight excluding hydrogens is 264 g/mol. The molecule has 2 aromatic carbocycles. The van der Waals surface area contributed by atoms with Crippen molar-refractivity contribution in [3.63, 3.8) is 0 Å². The molecule has 0 radical (unpaired) electrons. The lowest BCUT2D eigenvalue weighted by atomic mass is 9.93. The van der Waals surface area contributed by atoms with Crippen molar-refractivity contribution in [2.45, 2.75) is 20.3 Å². The van der Waals surface area contributed by atoms with Gasteiger partial charge in [0.05, 0.1) is 12.2 Å². The van der Waals surface area contributed by atoms with E-state index in [-0.39, 0.29) is 11.8 Å². The highest BCUT2D eigenvalue weighted by Gasteiger charge is 2.19. The molecule has 0 aliphatic rings. The van der Waals surface area contributed by atoms with E-state index in [2.05, 4.69) is 0 Å². The number of hydrogen-bond donors (Lipinski definition) is 0. The lowest BCUT2D eigenvalue weighted by Gasteiger charge is -2.12. The van der Waals surface area contributed by atoms with E-state index >= 15 is 0 Å². The van der Waals surface area contributed by atoms with Crippen LogP contribution in [0.15, 0.2) is 48.5 Å². The van der Waals surface area contributed by atoms with Crippen molar-refractivity contribution in [2.75, 3.05) is 6.61 Å². The van der Waals surface area contributed by atoms with Gasteiger partial charge in [-0.05, 0) is 25.0 Å². The molecule has 108 valence electrons. The normalized spacial score (nSPS) is 10.2. The number of carbonyl (C=O) groups excluding carboxylic acids is 2. The van der Waals surface area contributed by atoms with E-state index in [1.807, 2.05) is 25.1 Å². The average molecular weight is 282 g/mol. The standard InChI is InChI=1S/C18H18O3/c1-3-14-15(17(19)13-9-6-5-7-10-13)11-8-12-16(14)18(20)21-4-2/h5-12H,3-4H2,1-2H3. The molecule has 0 amide bonds. The fourth-order valence-electron chi connectivity index (χ4n) is 2.33. The Morgan fingerprint density at radius 1 is 0.905 bits per heavy atom. The maximum absolute atomic E-state index is 12.6. The molecule has 0 saturated heterocycles. The van der Waals surface area contributed by atoms with E-state index in [9.17, 15) is 9.59 Å². The van der Waals surface area contributed by atoms with Crippen LogP contribution >= 0.6 is 0 Å². The maximum Gasteiger partial charge on any atom is 0.338 e. The summed E-state index contributed by atoms with van der Waals surface area (Å²) in [7, 11) is 0. The van der Waals surface area contributed by atoms with Gasteiger partial charge in [-0.1, -0.05) is 49.4 Å². The molecule has 0 fully saturated rings. The van der Waals surface area contributed by atoms with E-state index in [0.717, 1.165) is 5.56 Å². The average Bonchev–Trinajstić information content (AvgIpc) is 2.54. The van der Waals surface area contributed by atoms with Crippen LogP contribution in [0, 0.1) is 0 Å². The second kappa shape index (κ2) is 6.84. The summed E-state index contributed by atoms with van der Waals surface area (Å²) in [6.07, 6.45) is 0.600. The summed E-state index contributed by atoms with van der Waals surface area (Å²) in [6.45, 7) is 4.02. The van der Waals surface area contributed by atoms with Crippen molar-refractivity contribution in [3.8, 4) is 0 Å². The van der Waals surface area contributed by atoms with Gasteiger partial charge in [0, 0.05) is 11.1 Å². The Morgan fingerprint density at radius 2 is 1.57 bits per heavy atom.